The molecule has 0 fully saturated rings. The van der Waals surface area contributed by atoms with Crippen LogP contribution in [0.25, 0.3) is 0 Å². The molecule has 0 aliphatic carbocycles. The topological polar surface area (TPSA) is 39.9 Å². The van der Waals surface area contributed by atoms with Gasteiger partial charge < -0.3 is 9.30 Å². The molecule has 0 saturated heterocycles. The normalized spacial score (nSPS) is 10.8. The molecule has 0 spiro atoms. The minimum absolute atomic E-state index is 0.405. The number of halogens is 1. The molecule has 0 aliphatic rings. The van der Waals surface area contributed by atoms with Crippen molar-refractivity contribution in [1.29, 1.82) is 0 Å². The van der Waals surface area contributed by atoms with Crippen LogP contribution in [0, 0.1) is 6.92 Å². The van der Waals surface area contributed by atoms with Gasteiger partial charge in [0.05, 0.1) is 0 Å². The Morgan fingerprint density at radius 1 is 1.12 bits per heavy atom. The lowest BCUT2D eigenvalue weighted by Gasteiger charge is -2.09. The number of benzene rings is 2. The Hall–Kier alpha value is -1.98. The molecular weight excluding hydrogens is 354 g/mol. The van der Waals surface area contributed by atoms with Crippen LogP contribution in [0.3, 0.4) is 0 Å². The van der Waals surface area contributed by atoms with Crippen LogP contribution in [0.15, 0.2) is 53.7 Å². The molecule has 0 bridgehead atoms. The van der Waals surface area contributed by atoms with E-state index in [4.69, 9.17) is 16.3 Å². The summed E-state index contributed by atoms with van der Waals surface area (Å²) < 4.78 is 7.95. The highest BCUT2D eigenvalue weighted by Crippen LogP contribution is 2.24. The predicted octanol–water partition coefficient (Wildman–Crippen LogP) is 5.13. The summed E-state index contributed by atoms with van der Waals surface area (Å²) in [6, 6.07) is 15.9. The number of hydrogen-bond acceptors (Lipinski definition) is 4. The molecule has 6 heteroatoms. The van der Waals surface area contributed by atoms with Gasteiger partial charge in [-0.3, -0.25) is 0 Å². The number of aryl methyl sites for hydroxylation is 1. The smallest absolute Gasteiger partial charge is 0.191 e. The van der Waals surface area contributed by atoms with Gasteiger partial charge in [0, 0.05) is 17.3 Å². The first kappa shape index (κ1) is 17.8. The average molecular weight is 374 g/mol. The van der Waals surface area contributed by atoms with E-state index in [0.29, 0.717) is 6.61 Å². The molecule has 4 nitrogen and oxygen atoms in total. The molecule has 0 radical (unpaired) electrons. The second-order valence-electron chi connectivity index (χ2n) is 5.67. The van der Waals surface area contributed by atoms with Crippen LogP contribution in [0.1, 0.15) is 23.9 Å². The molecule has 1 aromatic heterocycles. The summed E-state index contributed by atoms with van der Waals surface area (Å²) in [7, 11) is 0. The van der Waals surface area contributed by atoms with Gasteiger partial charge in [-0.25, -0.2) is 0 Å². The second-order valence-corrected chi connectivity index (χ2v) is 7.05. The van der Waals surface area contributed by atoms with Crippen molar-refractivity contribution < 1.29 is 4.74 Å². The lowest BCUT2D eigenvalue weighted by atomic mass is 10.2. The zero-order valence-electron chi connectivity index (χ0n) is 14.3. The minimum Gasteiger partial charge on any atom is -0.486 e. The van der Waals surface area contributed by atoms with E-state index in [-0.39, 0.29) is 0 Å². The summed E-state index contributed by atoms with van der Waals surface area (Å²) in [6.07, 6.45) is 0. The Morgan fingerprint density at radius 2 is 1.96 bits per heavy atom. The molecule has 1 heterocycles. The first-order valence-electron chi connectivity index (χ1n) is 8.14. The van der Waals surface area contributed by atoms with Crippen LogP contribution < -0.4 is 4.74 Å². The van der Waals surface area contributed by atoms with E-state index in [9.17, 15) is 0 Å². The third kappa shape index (κ3) is 4.77. The quantitative estimate of drug-likeness (QED) is 0.538. The largest absolute Gasteiger partial charge is 0.486 e. The molecule has 3 aromatic rings. The standard InChI is InChI=1S/C19H20ClN3OS/c1-3-23-18(12-24-17-9-4-6-14(2)10-17)21-22-19(23)25-13-15-7-5-8-16(20)11-15/h4-11H,3,12-13H2,1-2H3. The lowest BCUT2D eigenvalue weighted by molar-refractivity contribution is 0.288. The van der Waals surface area contributed by atoms with Crippen LogP contribution in [0.5, 0.6) is 5.75 Å². The number of nitrogens with zero attached hydrogens (tertiary/aromatic N) is 3. The third-order valence-electron chi connectivity index (χ3n) is 3.72. The first-order valence-corrected chi connectivity index (χ1v) is 9.51. The van der Waals surface area contributed by atoms with Crippen LogP contribution in [0.2, 0.25) is 5.02 Å². The molecule has 0 atom stereocenters. The number of aromatic nitrogens is 3. The fraction of sp³-hybridized carbons (Fsp3) is 0.263. The molecule has 0 aliphatic heterocycles. The van der Waals surface area contributed by atoms with Gasteiger partial charge in [-0.2, -0.15) is 0 Å². The van der Waals surface area contributed by atoms with Gasteiger partial charge >= 0.3 is 0 Å². The maximum Gasteiger partial charge on any atom is 0.191 e. The Kier molecular flexibility index (Phi) is 6.00. The van der Waals surface area contributed by atoms with Gasteiger partial charge in [-0.1, -0.05) is 47.6 Å². The van der Waals surface area contributed by atoms with Crippen LogP contribution >= 0.6 is 23.4 Å². The number of ether oxygens (including phenoxy) is 1. The fourth-order valence-corrected chi connectivity index (χ4v) is 3.65. The molecule has 0 unspecified atom stereocenters. The summed E-state index contributed by atoms with van der Waals surface area (Å²) in [6.45, 7) is 5.34. The molecule has 130 valence electrons. The highest BCUT2D eigenvalue weighted by molar-refractivity contribution is 7.98. The van der Waals surface area contributed by atoms with Crippen molar-refractivity contribution in [3.8, 4) is 5.75 Å². The average Bonchev–Trinajstić information content (AvgIpc) is 3.00. The van der Waals surface area contributed by atoms with Crippen LogP contribution in [0.4, 0.5) is 0 Å². The van der Waals surface area contributed by atoms with Crippen molar-refractivity contribution in [1.82, 2.24) is 14.8 Å². The summed E-state index contributed by atoms with van der Waals surface area (Å²) in [4.78, 5) is 0. The summed E-state index contributed by atoms with van der Waals surface area (Å²) in [5, 5.41) is 10.3. The van der Waals surface area contributed by atoms with Gasteiger partial charge in [0.2, 0.25) is 0 Å². The minimum atomic E-state index is 0.405. The molecule has 0 saturated carbocycles. The number of hydrogen-bond donors (Lipinski definition) is 0. The molecule has 25 heavy (non-hydrogen) atoms. The third-order valence-corrected chi connectivity index (χ3v) is 5.00. The SMILES string of the molecule is CCn1c(COc2cccc(C)c2)nnc1SCc1cccc(Cl)c1. The Morgan fingerprint density at radius 3 is 2.72 bits per heavy atom. The Balaban J connectivity index is 1.66. The summed E-state index contributed by atoms with van der Waals surface area (Å²) in [5.41, 5.74) is 2.34. The van der Waals surface area contributed by atoms with Crippen LogP contribution in [-0.4, -0.2) is 14.8 Å². The van der Waals surface area contributed by atoms with Gasteiger partial charge in [0.15, 0.2) is 11.0 Å². The van der Waals surface area contributed by atoms with Crippen molar-refractivity contribution >= 4 is 23.4 Å². The van der Waals surface area contributed by atoms with Crippen molar-refractivity contribution in [2.45, 2.75) is 37.9 Å². The molecule has 0 N–H and O–H groups in total. The summed E-state index contributed by atoms with van der Waals surface area (Å²) >= 11 is 7.69. The monoisotopic (exact) mass is 373 g/mol. The molecule has 2 aromatic carbocycles. The van der Waals surface area contributed by atoms with E-state index in [0.717, 1.165) is 34.1 Å². The van der Waals surface area contributed by atoms with Gasteiger partial charge in [-0.15, -0.1) is 10.2 Å². The van der Waals surface area contributed by atoms with Crippen LogP contribution in [-0.2, 0) is 18.9 Å². The van der Waals surface area contributed by atoms with Gasteiger partial charge in [-0.05, 0) is 49.2 Å². The molecule has 0 amide bonds. The van der Waals surface area contributed by atoms with Crippen molar-refractivity contribution in [3.05, 3.63) is 70.5 Å². The molecule has 3 rings (SSSR count). The van der Waals surface area contributed by atoms with Gasteiger partial charge in [0.25, 0.3) is 0 Å². The van der Waals surface area contributed by atoms with E-state index >= 15 is 0 Å². The molecular formula is C19H20ClN3OS. The Bertz CT molecular complexity index is 783. The summed E-state index contributed by atoms with van der Waals surface area (Å²) in [5.74, 6) is 2.48. The van der Waals surface area contributed by atoms with E-state index in [1.54, 1.807) is 11.8 Å². The number of thioether (sulfide) groups is 1. The van der Waals surface area contributed by atoms with E-state index in [2.05, 4.69) is 27.8 Å². The second kappa shape index (κ2) is 8.41. The maximum atomic E-state index is 6.04. The maximum absolute atomic E-state index is 6.04. The predicted molar refractivity (Wildman–Crippen MR) is 102 cm³/mol. The highest BCUT2D eigenvalue weighted by atomic mass is 35.5. The Labute approximate surface area is 157 Å². The van der Waals surface area contributed by atoms with Gasteiger partial charge in [0.1, 0.15) is 12.4 Å². The van der Waals surface area contributed by atoms with Crippen molar-refractivity contribution in [3.63, 3.8) is 0 Å². The zero-order valence-corrected chi connectivity index (χ0v) is 15.8. The van der Waals surface area contributed by atoms with E-state index < -0.39 is 0 Å². The highest BCUT2D eigenvalue weighted by Gasteiger charge is 2.12. The number of rotatable bonds is 7. The first-order chi connectivity index (χ1) is 12.2. The van der Waals surface area contributed by atoms with E-state index in [1.807, 2.05) is 49.4 Å². The zero-order chi connectivity index (χ0) is 17.6. The van der Waals surface area contributed by atoms with Crippen molar-refractivity contribution in [2.24, 2.45) is 0 Å². The van der Waals surface area contributed by atoms with E-state index in [1.165, 1.54) is 11.1 Å². The van der Waals surface area contributed by atoms with Crippen molar-refractivity contribution in [2.75, 3.05) is 0 Å². The lowest BCUT2D eigenvalue weighted by Crippen LogP contribution is -2.07. The fourth-order valence-electron chi connectivity index (χ4n) is 2.48.